The fraction of sp³-hybridized carbons (Fsp3) is 0.643. The summed E-state index contributed by atoms with van der Waals surface area (Å²) in [7, 11) is 0. The van der Waals surface area contributed by atoms with E-state index in [1.165, 1.54) is 19.1 Å². The first-order valence-electron chi connectivity index (χ1n) is 13.1. The molecular formula is C28H30O10. The Morgan fingerprint density at radius 1 is 1.11 bits per heavy atom. The zero-order valence-corrected chi connectivity index (χ0v) is 21.4. The van der Waals surface area contributed by atoms with Crippen molar-refractivity contribution in [3.05, 3.63) is 36.0 Å². The number of allylic oxidation sites excluding steroid dienone is 3. The van der Waals surface area contributed by atoms with Gasteiger partial charge in [-0.05, 0) is 51.5 Å². The van der Waals surface area contributed by atoms with Gasteiger partial charge in [-0.25, -0.2) is 9.59 Å². The van der Waals surface area contributed by atoms with Crippen LogP contribution < -0.4 is 0 Å². The second-order valence-electron chi connectivity index (χ2n) is 12.7. The highest BCUT2D eigenvalue weighted by molar-refractivity contribution is 6.02. The molecule has 1 spiro atoms. The van der Waals surface area contributed by atoms with Crippen molar-refractivity contribution in [2.45, 2.75) is 81.3 Å². The predicted octanol–water partition coefficient (Wildman–Crippen LogP) is 0.430. The van der Waals surface area contributed by atoms with Crippen LogP contribution in [0.3, 0.4) is 0 Å². The van der Waals surface area contributed by atoms with Crippen molar-refractivity contribution in [2.75, 3.05) is 0 Å². The van der Waals surface area contributed by atoms with Crippen molar-refractivity contribution >= 4 is 23.5 Å². The first-order chi connectivity index (χ1) is 17.6. The molecule has 10 nitrogen and oxygen atoms in total. The van der Waals surface area contributed by atoms with Gasteiger partial charge in [0.25, 0.3) is 0 Å². The van der Waals surface area contributed by atoms with Crippen LogP contribution in [0.1, 0.15) is 46.5 Å². The van der Waals surface area contributed by atoms with E-state index in [9.17, 15) is 34.5 Å². The zero-order chi connectivity index (χ0) is 27.4. The molecule has 5 fully saturated rings. The molecule has 4 saturated heterocycles. The molecule has 10 heteroatoms. The zero-order valence-electron chi connectivity index (χ0n) is 21.4. The number of fused-ring (bicyclic) bond motifs is 9. The van der Waals surface area contributed by atoms with Crippen LogP contribution in [0.25, 0.3) is 0 Å². The molecule has 0 aromatic carbocycles. The van der Waals surface area contributed by atoms with Gasteiger partial charge in [-0.2, -0.15) is 0 Å². The summed E-state index contributed by atoms with van der Waals surface area (Å²) < 4.78 is 17.8. The van der Waals surface area contributed by atoms with Crippen molar-refractivity contribution in [3.8, 4) is 0 Å². The summed E-state index contributed by atoms with van der Waals surface area (Å²) >= 11 is 0. The Kier molecular flexibility index (Phi) is 4.20. The minimum Gasteiger partial charge on any atom is -0.455 e. The number of ketones is 2. The summed E-state index contributed by atoms with van der Waals surface area (Å²) in [4.78, 5) is 54.4. The van der Waals surface area contributed by atoms with Gasteiger partial charge in [0.1, 0.15) is 6.10 Å². The maximum atomic E-state index is 14.6. The van der Waals surface area contributed by atoms with Crippen LogP contribution in [0, 0.1) is 28.6 Å². The van der Waals surface area contributed by atoms with Crippen LogP contribution in [0.2, 0.25) is 0 Å². The maximum Gasteiger partial charge on any atom is 0.342 e. The first kappa shape index (κ1) is 24.4. The van der Waals surface area contributed by atoms with E-state index < -0.39 is 81.1 Å². The highest BCUT2D eigenvalue weighted by Crippen LogP contribution is 2.73. The largest absolute Gasteiger partial charge is 0.455 e. The molecule has 7 rings (SSSR count). The second-order valence-corrected chi connectivity index (χ2v) is 12.7. The van der Waals surface area contributed by atoms with Gasteiger partial charge in [0.15, 0.2) is 28.4 Å². The van der Waals surface area contributed by atoms with E-state index in [-0.39, 0.29) is 30.6 Å². The minimum atomic E-state index is -2.71. The monoisotopic (exact) mass is 526 g/mol. The van der Waals surface area contributed by atoms with Gasteiger partial charge < -0.3 is 29.5 Å². The normalized spacial score (nSPS) is 56.2. The van der Waals surface area contributed by atoms with Gasteiger partial charge in [-0.1, -0.05) is 31.2 Å². The van der Waals surface area contributed by atoms with Crippen molar-refractivity contribution < 1.29 is 48.7 Å². The van der Waals surface area contributed by atoms with E-state index in [1.807, 2.05) is 0 Å². The molecule has 0 unspecified atom stereocenters. The number of hydrogen-bond acceptors (Lipinski definition) is 10. The van der Waals surface area contributed by atoms with Crippen LogP contribution in [0.4, 0.5) is 0 Å². The lowest BCUT2D eigenvalue weighted by atomic mass is 9.47. The smallest absolute Gasteiger partial charge is 0.342 e. The molecule has 0 radical (unpaired) electrons. The van der Waals surface area contributed by atoms with Gasteiger partial charge in [0.2, 0.25) is 5.79 Å². The van der Waals surface area contributed by atoms with Gasteiger partial charge in [-0.15, -0.1) is 0 Å². The van der Waals surface area contributed by atoms with E-state index >= 15 is 0 Å². The summed E-state index contributed by atoms with van der Waals surface area (Å²) in [6, 6.07) is 0. The van der Waals surface area contributed by atoms with Crippen LogP contribution in [-0.4, -0.2) is 73.6 Å². The molecular weight excluding hydrogens is 496 g/mol. The highest BCUT2D eigenvalue weighted by atomic mass is 16.7. The Balaban J connectivity index is 1.52. The summed E-state index contributed by atoms with van der Waals surface area (Å²) in [5, 5.41) is 36.0. The number of hydrogen-bond donors (Lipinski definition) is 3. The lowest BCUT2D eigenvalue weighted by Crippen LogP contribution is -2.77. The second kappa shape index (κ2) is 6.55. The molecule has 202 valence electrons. The minimum absolute atomic E-state index is 0.00631. The lowest BCUT2D eigenvalue weighted by Gasteiger charge is -2.60. The molecule has 0 aromatic heterocycles. The Morgan fingerprint density at radius 3 is 2.53 bits per heavy atom. The number of rotatable bonds is 0. The Hall–Kier alpha value is -2.66. The lowest BCUT2D eigenvalue weighted by molar-refractivity contribution is -0.344. The number of ether oxygens (including phenoxy) is 3. The molecule has 38 heavy (non-hydrogen) atoms. The number of aliphatic hydroxyl groups is 3. The SMILES string of the molecule is C=C1C(=O)O[C@@H]2C[C@@]1(C)[C@@H]1C(=O)[C@@]3(O)O[C@]14[C@@](O)(CC[C@H]1[C@H]3[C@H](O)C=C3CC=CC(=O)[C@@]31C)C(=O)O[C@@]24C. The first-order valence-corrected chi connectivity index (χ1v) is 13.1. The average Bonchev–Trinajstić information content (AvgIpc) is 3.19. The highest BCUT2D eigenvalue weighted by Gasteiger charge is 2.92. The quantitative estimate of drug-likeness (QED) is 0.230. The fourth-order valence-electron chi connectivity index (χ4n) is 9.26. The predicted molar refractivity (Wildman–Crippen MR) is 126 cm³/mol. The number of carbonyl (C=O) groups is 4. The number of aliphatic hydroxyl groups excluding tert-OH is 1. The van der Waals surface area contributed by atoms with Crippen molar-refractivity contribution in [3.63, 3.8) is 0 Å². The summed E-state index contributed by atoms with van der Waals surface area (Å²) in [6.07, 6.45) is 2.38. The molecule has 4 bridgehead atoms. The van der Waals surface area contributed by atoms with Crippen molar-refractivity contribution in [2.24, 2.45) is 28.6 Å². The molecule has 4 heterocycles. The third-order valence-corrected chi connectivity index (χ3v) is 11.3. The van der Waals surface area contributed by atoms with Gasteiger partial charge >= 0.3 is 11.9 Å². The summed E-state index contributed by atoms with van der Waals surface area (Å²) in [5.74, 6) is -9.26. The van der Waals surface area contributed by atoms with E-state index in [2.05, 4.69) is 6.58 Å². The Labute approximate surface area is 218 Å². The molecule has 11 atom stereocenters. The topological polar surface area (TPSA) is 157 Å². The van der Waals surface area contributed by atoms with Crippen LogP contribution in [-0.2, 0) is 33.4 Å². The van der Waals surface area contributed by atoms with Crippen LogP contribution in [0.15, 0.2) is 36.0 Å². The van der Waals surface area contributed by atoms with Gasteiger partial charge in [0.05, 0.1) is 23.4 Å². The third-order valence-electron chi connectivity index (χ3n) is 11.3. The number of esters is 2. The molecule has 7 aliphatic rings. The van der Waals surface area contributed by atoms with Crippen LogP contribution in [0.5, 0.6) is 0 Å². The average molecular weight is 527 g/mol. The van der Waals surface area contributed by atoms with E-state index in [0.29, 0.717) is 12.0 Å². The molecule has 0 aromatic rings. The molecule has 3 aliphatic carbocycles. The molecule has 4 aliphatic heterocycles. The summed E-state index contributed by atoms with van der Waals surface area (Å²) in [5.41, 5.74) is -8.34. The van der Waals surface area contributed by atoms with E-state index in [0.717, 1.165) is 0 Å². The van der Waals surface area contributed by atoms with Crippen LogP contribution >= 0.6 is 0 Å². The van der Waals surface area contributed by atoms with Gasteiger partial charge in [-0.3, -0.25) is 9.59 Å². The Bertz CT molecular complexity index is 1350. The standard InChI is InChI=1S/C28H30O10/c1-12-21(32)36-17-11-23(12,2)19-20(31)27(35)18-14(24(3)13(10-15(18)29)6-5-7-16(24)30)8-9-26(34)22(33)37-25(17,4)28(19,26)38-27/h5,7,10,14-15,17-19,29,34-35H,1,6,8-9,11H2,2-4H3/t14-,15+,17+,18-,19-,23+,24-,25-,26+,27-,28+/m0/s1. The molecule has 3 N–H and O–H groups in total. The van der Waals surface area contributed by atoms with E-state index in [4.69, 9.17) is 14.2 Å². The molecule has 0 amide bonds. The van der Waals surface area contributed by atoms with E-state index in [1.54, 1.807) is 19.9 Å². The number of carbonyl (C=O) groups excluding carboxylic acids is 4. The summed E-state index contributed by atoms with van der Waals surface area (Å²) in [6.45, 7) is 8.65. The Morgan fingerprint density at radius 2 is 1.82 bits per heavy atom. The number of Topliss-reactive ketones (excluding diaryl/α,β-unsaturated/α-hetero) is 1. The fourth-order valence-corrected chi connectivity index (χ4v) is 9.26. The van der Waals surface area contributed by atoms with Crippen molar-refractivity contribution in [1.29, 1.82) is 0 Å². The maximum absolute atomic E-state index is 14.6. The van der Waals surface area contributed by atoms with Gasteiger partial charge in [0, 0.05) is 11.0 Å². The third kappa shape index (κ3) is 2.15. The van der Waals surface area contributed by atoms with Crippen molar-refractivity contribution in [1.82, 2.24) is 0 Å². The molecule has 1 saturated carbocycles.